The number of morpholine rings is 1. The van der Waals surface area contributed by atoms with Crippen molar-refractivity contribution >= 4 is 11.8 Å². The molecular weight excluding hydrogens is 366 g/mol. The molecule has 0 aliphatic carbocycles. The van der Waals surface area contributed by atoms with E-state index in [1.165, 1.54) is 0 Å². The number of nitrogens with zero attached hydrogens (tertiary/aromatic N) is 1. The Kier molecular flexibility index (Phi) is 6.04. The van der Waals surface area contributed by atoms with Gasteiger partial charge in [-0.3, -0.25) is 9.59 Å². The molecule has 2 aromatic carbocycles. The van der Waals surface area contributed by atoms with Crippen LogP contribution in [0.15, 0.2) is 42.5 Å². The van der Waals surface area contributed by atoms with Gasteiger partial charge in [0.2, 0.25) is 0 Å². The second-order valence-corrected chi connectivity index (χ2v) is 7.01. The molecule has 2 amide bonds. The van der Waals surface area contributed by atoms with Gasteiger partial charge in [-0.1, -0.05) is 12.1 Å². The maximum Gasteiger partial charge on any atom is 0.254 e. The second kappa shape index (κ2) is 8.48. The molecule has 1 N–H and O–H groups in total. The molecule has 1 fully saturated rings. The number of nitrogens with one attached hydrogen (secondary N) is 1. The zero-order valence-corrected chi connectivity index (χ0v) is 15.7. The number of hydrogen-bond donors (Lipinski definition) is 1. The Morgan fingerprint density at radius 3 is 2.14 bits per heavy atom. The van der Waals surface area contributed by atoms with E-state index >= 15 is 0 Å². The molecule has 0 saturated carbocycles. The lowest BCUT2D eigenvalue weighted by Crippen LogP contribution is -2.48. The first-order valence-electron chi connectivity index (χ1n) is 9.10. The zero-order chi connectivity index (χ0) is 20.3. The highest BCUT2D eigenvalue weighted by Crippen LogP contribution is 2.15. The monoisotopic (exact) mass is 388 g/mol. The number of rotatable bonds is 4. The minimum atomic E-state index is -0.806. The predicted molar refractivity (Wildman–Crippen MR) is 99.9 cm³/mol. The molecule has 2 aromatic rings. The van der Waals surface area contributed by atoms with Gasteiger partial charge in [0.1, 0.15) is 11.6 Å². The number of hydrogen-bond acceptors (Lipinski definition) is 3. The summed E-state index contributed by atoms with van der Waals surface area (Å²) in [5.41, 5.74) is 1.24. The van der Waals surface area contributed by atoms with Crippen LogP contribution in [-0.2, 0) is 11.3 Å². The molecule has 0 radical (unpaired) electrons. The lowest BCUT2D eigenvalue weighted by atomic mass is 10.1. The summed E-state index contributed by atoms with van der Waals surface area (Å²) >= 11 is 0. The molecule has 7 heteroatoms. The van der Waals surface area contributed by atoms with E-state index in [1.807, 2.05) is 13.8 Å². The minimum absolute atomic E-state index is 0.00477. The summed E-state index contributed by atoms with van der Waals surface area (Å²) in [4.78, 5) is 26.5. The summed E-state index contributed by atoms with van der Waals surface area (Å²) in [6, 6.07) is 9.56. The number of carbonyl (C=O) groups excluding carboxylic acids is 2. The molecule has 1 aliphatic heterocycles. The topological polar surface area (TPSA) is 58.6 Å². The van der Waals surface area contributed by atoms with Gasteiger partial charge >= 0.3 is 0 Å². The normalized spacial score (nSPS) is 19.4. The SMILES string of the molecule is CC1CN(C(=O)c2ccc(CNC(=O)c3cc(F)cc(F)c3)cc2)CC(C)O1. The van der Waals surface area contributed by atoms with Gasteiger partial charge in [-0.15, -0.1) is 0 Å². The molecule has 0 aromatic heterocycles. The van der Waals surface area contributed by atoms with Crippen LogP contribution in [-0.4, -0.2) is 42.0 Å². The molecule has 0 spiro atoms. The van der Waals surface area contributed by atoms with Crippen molar-refractivity contribution in [2.75, 3.05) is 13.1 Å². The Labute approximate surface area is 162 Å². The highest BCUT2D eigenvalue weighted by atomic mass is 19.1. The van der Waals surface area contributed by atoms with Crippen molar-refractivity contribution in [1.29, 1.82) is 0 Å². The summed E-state index contributed by atoms with van der Waals surface area (Å²) in [6.07, 6.45) is -0.00955. The molecule has 3 rings (SSSR count). The number of benzene rings is 2. The summed E-state index contributed by atoms with van der Waals surface area (Å²) in [7, 11) is 0. The Morgan fingerprint density at radius 2 is 1.57 bits per heavy atom. The number of amides is 2. The fourth-order valence-corrected chi connectivity index (χ4v) is 3.26. The molecule has 28 heavy (non-hydrogen) atoms. The Hall–Kier alpha value is -2.80. The maximum atomic E-state index is 13.2. The van der Waals surface area contributed by atoms with Crippen molar-refractivity contribution in [3.63, 3.8) is 0 Å². The van der Waals surface area contributed by atoms with Gasteiger partial charge in [0.05, 0.1) is 12.2 Å². The summed E-state index contributed by atoms with van der Waals surface area (Å²) in [6.45, 7) is 5.14. The van der Waals surface area contributed by atoms with Crippen LogP contribution in [0, 0.1) is 11.6 Å². The van der Waals surface area contributed by atoms with Crippen molar-refractivity contribution in [2.45, 2.75) is 32.6 Å². The molecule has 1 heterocycles. The highest BCUT2D eigenvalue weighted by Gasteiger charge is 2.26. The fourth-order valence-electron chi connectivity index (χ4n) is 3.26. The highest BCUT2D eigenvalue weighted by molar-refractivity contribution is 5.95. The van der Waals surface area contributed by atoms with Crippen molar-refractivity contribution in [3.05, 3.63) is 70.8 Å². The molecular formula is C21H22F2N2O3. The Balaban J connectivity index is 1.59. The molecule has 1 aliphatic rings. The van der Waals surface area contributed by atoms with E-state index < -0.39 is 17.5 Å². The van der Waals surface area contributed by atoms with Crippen LogP contribution >= 0.6 is 0 Å². The van der Waals surface area contributed by atoms with E-state index in [0.29, 0.717) is 24.7 Å². The smallest absolute Gasteiger partial charge is 0.254 e. The first-order valence-corrected chi connectivity index (χ1v) is 9.10. The third kappa shape index (κ3) is 4.92. The average Bonchev–Trinajstić information content (AvgIpc) is 2.64. The molecule has 5 nitrogen and oxygen atoms in total. The third-order valence-electron chi connectivity index (χ3n) is 4.49. The van der Waals surface area contributed by atoms with E-state index in [0.717, 1.165) is 17.7 Å². The third-order valence-corrected chi connectivity index (χ3v) is 4.49. The second-order valence-electron chi connectivity index (χ2n) is 7.01. The predicted octanol–water partition coefficient (Wildman–Crippen LogP) is 3.14. The van der Waals surface area contributed by atoms with Gasteiger partial charge in [0.15, 0.2) is 0 Å². The lowest BCUT2D eigenvalue weighted by Gasteiger charge is -2.35. The summed E-state index contributed by atoms with van der Waals surface area (Å²) in [5, 5.41) is 2.61. The van der Waals surface area contributed by atoms with Crippen molar-refractivity contribution < 1.29 is 23.1 Å². The summed E-state index contributed by atoms with van der Waals surface area (Å²) < 4.78 is 32.1. The van der Waals surface area contributed by atoms with Crippen LogP contribution in [0.2, 0.25) is 0 Å². The number of ether oxygens (including phenoxy) is 1. The Morgan fingerprint density at radius 1 is 1.00 bits per heavy atom. The van der Waals surface area contributed by atoms with Crippen LogP contribution < -0.4 is 5.32 Å². The quantitative estimate of drug-likeness (QED) is 0.876. The summed E-state index contributed by atoms with van der Waals surface area (Å²) in [5.74, 6) is -2.25. The molecule has 1 saturated heterocycles. The lowest BCUT2D eigenvalue weighted by molar-refractivity contribution is -0.0586. The molecule has 2 atom stereocenters. The van der Waals surface area contributed by atoms with E-state index in [1.54, 1.807) is 29.2 Å². The number of halogens is 2. The van der Waals surface area contributed by atoms with E-state index in [2.05, 4.69) is 5.32 Å². The Bertz CT molecular complexity index is 840. The van der Waals surface area contributed by atoms with Crippen LogP contribution in [0.5, 0.6) is 0 Å². The molecule has 0 bridgehead atoms. The van der Waals surface area contributed by atoms with E-state index in [9.17, 15) is 18.4 Å². The van der Waals surface area contributed by atoms with E-state index in [4.69, 9.17) is 4.74 Å². The standard InChI is InChI=1S/C21H22F2N2O3/c1-13-11-25(12-14(2)28-13)21(27)16-5-3-15(4-6-16)10-24-20(26)17-7-18(22)9-19(23)8-17/h3-9,13-14H,10-12H2,1-2H3,(H,24,26). The van der Waals surface area contributed by atoms with Crippen LogP contribution in [0.3, 0.4) is 0 Å². The van der Waals surface area contributed by atoms with Crippen molar-refractivity contribution in [2.24, 2.45) is 0 Å². The fraction of sp³-hybridized carbons (Fsp3) is 0.333. The maximum absolute atomic E-state index is 13.2. The zero-order valence-electron chi connectivity index (χ0n) is 15.7. The van der Waals surface area contributed by atoms with Gasteiger partial charge in [0.25, 0.3) is 11.8 Å². The minimum Gasteiger partial charge on any atom is -0.372 e. The van der Waals surface area contributed by atoms with Crippen LogP contribution in [0.1, 0.15) is 40.1 Å². The van der Waals surface area contributed by atoms with Gasteiger partial charge < -0.3 is 15.0 Å². The largest absolute Gasteiger partial charge is 0.372 e. The van der Waals surface area contributed by atoms with Crippen LogP contribution in [0.4, 0.5) is 8.78 Å². The van der Waals surface area contributed by atoms with Crippen molar-refractivity contribution in [1.82, 2.24) is 10.2 Å². The van der Waals surface area contributed by atoms with Gasteiger partial charge in [-0.05, 0) is 43.7 Å². The van der Waals surface area contributed by atoms with Gasteiger partial charge in [0, 0.05) is 36.8 Å². The van der Waals surface area contributed by atoms with Gasteiger partial charge in [-0.25, -0.2) is 8.78 Å². The van der Waals surface area contributed by atoms with E-state index in [-0.39, 0.29) is 30.2 Å². The van der Waals surface area contributed by atoms with Crippen LogP contribution in [0.25, 0.3) is 0 Å². The molecule has 2 unspecified atom stereocenters. The average molecular weight is 388 g/mol. The number of carbonyl (C=O) groups is 2. The first-order chi connectivity index (χ1) is 13.3. The van der Waals surface area contributed by atoms with Crippen molar-refractivity contribution in [3.8, 4) is 0 Å². The molecule has 148 valence electrons. The van der Waals surface area contributed by atoms with Gasteiger partial charge in [-0.2, -0.15) is 0 Å². The first kappa shape index (κ1) is 19.9.